The molecule has 2 atom stereocenters. The van der Waals surface area contributed by atoms with Crippen LogP contribution in [0.15, 0.2) is 0 Å². The van der Waals surface area contributed by atoms with Crippen molar-refractivity contribution in [1.82, 2.24) is 10.2 Å². The fourth-order valence-corrected chi connectivity index (χ4v) is 2.97. The monoisotopic (exact) mass is 254 g/mol. The Morgan fingerprint density at radius 2 is 2.06 bits per heavy atom. The van der Waals surface area contributed by atoms with E-state index >= 15 is 0 Å². The van der Waals surface area contributed by atoms with E-state index in [1.807, 2.05) is 0 Å². The van der Waals surface area contributed by atoms with Gasteiger partial charge in [0.05, 0.1) is 0 Å². The number of likely N-dealkylation sites (tertiary alicyclic amines) is 1. The highest BCUT2D eigenvalue weighted by molar-refractivity contribution is 4.70. The van der Waals surface area contributed by atoms with Crippen molar-refractivity contribution in [3.05, 3.63) is 0 Å². The van der Waals surface area contributed by atoms with Crippen molar-refractivity contribution < 1.29 is 0 Å². The first kappa shape index (κ1) is 16.0. The molecule has 1 N–H and O–H groups in total. The molecule has 0 spiro atoms. The van der Waals surface area contributed by atoms with Gasteiger partial charge in [-0.25, -0.2) is 0 Å². The molecule has 0 aromatic rings. The number of nitrogens with one attached hydrogen (secondary N) is 1. The lowest BCUT2D eigenvalue weighted by atomic mass is 9.98. The van der Waals surface area contributed by atoms with Crippen molar-refractivity contribution in [2.75, 3.05) is 26.2 Å². The van der Waals surface area contributed by atoms with E-state index in [4.69, 9.17) is 0 Å². The summed E-state index contributed by atoms with van der Waals surface area (Å²) in [5.74, 6) is 1.00. The summed E-state index contributed by atoms with van der Waals surface area (Å²) in [7, 11) is 0. The lowest BCUT2D eigenvalue weighted by Gasteiger charge is -2.21. The minimum absolute atomic E-state index is 0.695. The van der Waals surface area contributed by atoms with E-state index in [1.54, 1.807) is 0 Å². The van der Waals surface area contributed by atoms with Crippen molar-refractivity contribution in [2.24, 2.45) is 5.92 Å². The molecule has 1 heterocycles. The Labute approximate surface area is 115 Å². The van der Waals surface area contributed by atoms with Gasteiger partial charge in [-0.15, -0.1) is 0 Å². The highest BCUT2D eigenvalue weighted by Gasteiger charge is 2.15. The van der Waals surface area contributed by atoms with Gasteiger partial charge in [0.25, 0.3) is 0 Å². The second-order valence-electron chi connectivity index (χ2n) is 6.04. The Morgan fingerprint density at radius 1 is 1.22 bits per heavy atom. The molecule has 1 fully saturated rings. The molecule has 2 heteroatoms. The predicted molar refractivity (Wildman–Crippen MR) is 81.1 cm³/mol. The smallest absolute Gasteiger partial charge is 0.00391 e. The van der Waals surface area contributed by atoms with Crippen LogP contribution >= 0.6 is 0 Å². The van der Waals surface area contributed by atoms with Gasteiger partial charge in [0, 0.05) is 6.04 Å². The van der Waals surface area contributed by atoms with E-state index in [0.29, 0.717) is 6.04 Å². The third-order valence-electron chi connectivity index (χ3n) is 4.37. The standard InChI is InChI=1S/C16H34N2/c1-4-11-17-15(3)8-6-12-18-13-7-9-16(5-2)10-14-18/h15-17H,4-14H2,1-3H3. The average Bonchev–Trinajstić information content (AvgIpc) is 2.61. The van der Waals surface area contributed by atoms with Crippen LogP contribution in [-0.2, 0) is 0 Å². The zero-order valence-corrected chi connectivity index (χ0v) is 12.9. The summed E-state index contributed by atoms with van der Waals surface area (Å²) in [5, 5.41) is 3.58. The van der Waals surface area contributed by atoms with E-state index < -0.39 is 0 Å². The molecule has 0 amide bonds. The minimum atomic E-state index is 0.695. The first-order chi connectivity index (χ1) is 8.76. The van der Waals surface area contributed by atoms with Gasteiger partial charge in [0.1, 0.15) is 0 Å². The van der Waals surface area contributed by atoms with Crippen LogP contribution in [0.4, 0.5) is 0 Å². The van der Waals surface area contributed by atoms with Gasteiger partial charge < -0.3 is 10.2 Å². The summed E-state index contributed by atoms with van der Waals surface area (Å²) < 4.78 is 0. The van der Waals surface area contributed by atoms with Crippen molar-refractivity contribution in [3.63, 3.8) is 0 Å². The molecule has 0 saturated carbocycles. The van der Waals surface area contributed by atoms with Gasteiger partial charge in [-0.2, -0.15) is 0 Å². The Bertz CT molecular complexity index is 194. The topological polar surface area (TPSA) is 15.3 Å². The van der Waals surface area contributed by atoms with Gasteiger partial charge in [-0.3, -0.25) is 0 Å². The Morgan fingerprint density at radius 3 is 2.78 bits per heavy atom. The predicted octanol–water partition coefficient (Wildman–Crippen LogP) is 3.67. The number of rotatable bonds is 8. The van der Waals surface area contributed by atoms with Crippen LogP contribution < -0.4 is 5.32 Å². The summed E-state index contributed by atoms with van der Waals surface area (Å²) in [6.45, 7) is 12.1. The van der Waals surface area contributed by atoms with Crippen LogP contribution in [0.2, 0.25) is 0 Å². The van der Waals surface area contributed by atoms with Crippen LogP contribution in [0.25, 0.3) is 0 Å². The maximum Gasteiger partial charge on any atom is 0.00391 e. The maximum absolute atomic E-state index is 3.58. The first-order valence-electron chi connectivity index (χ1n) is 8.22. The van der Waals surface area contributed by atoms with Crippen LogP contribution in [0.1, 0.15) is 65.7 Å². The summed E-state index contributed by atoms with van der Waals surface area (Å²) in [5.41, 5.74) is 0. The van der Waals surface area contributed by atoms with Crippen molar-refractivity contribution in [1.29, 1.82) is 0 Å². The molecule has 2 nitrogen and oxygen atoms in total. The van der Waals surface area contributed by atoms with E-state index in [9.17, 15) is 0 Å². The molecule has 2 unspecified atom stereocenters. The Kier molecular flexibility index (Phi) is 8.70. The van der Waals surface area contributed by atoms with Crippen molar-refractivity contribution in [3.8, 4) is 0 Å². The number of nitrogens with zero attached hydrogens (tertiary/aromatic N) is 1. The van der Waals surface area contributed by atoms with E-state index in [-0.39, 0.29) is 0 Å². The normalized spacial score (nSPS) is 23.8. The molecule has 0 aromatic carbocycles. The highest BCUT2D eigenvalue weighted by atomic mass is 15.1. The molecular weight excluding hydrogens is 220 g/mol. The van der Waals surface area contributed by atoms with E-state index in [1.165, 1.54) is 71.1 Å². The lowest BCUT2D eigenvalue weighted by Crippen LogP contribution is -2.30. The van der Waals surface area contributed by atoms with E-state index in [2.05, 4.69) is 31.0 Å². The van der Waals surface area contributed by atoms with Crippen molar-refractivity contribution >= 4 is 0 Å². The summed E-state index contributed by atoms with van der Waals surface area (Å²) in [6.07, 6.45) is 9.62. The zero-order chi connectivity index (χ0) is 13.2. The zero-order valence-electron chi connectivity index (χ0n) is 12.9. The van der Waals surface area contributed by atoms with Gasteiger partial charge in [-0.05, 0) is 77.5 Å². The molecule has 1 aliphatic rings. The second-order valence-corrected chi connectivity index (χ2v) is 6.04. The van der Waals surface area contributed by atoms with Crippen molar-refractivity contribution in [2.45, 2.75) is 71.8 Å². The molecule has 108 valence electrons. The molecule has 0 radical (unpaired) electrons. The van der Waals surface area contributed by atoms with Crippen LogP contribution in [0.5, 0.6) is 0 Å². The van der Waals surface area contributed by atoms with E-state index in [0.717, 1.165) is 5.92 Å². The van der Waals surface area contributed by atoms with Crippen LogP contribution in [0, 0.1) is 5.92 Å². The molecule has 0 aliphatic carbocycles. The second kappa shape index (κ2) is 9.80. The lowest BCUT2D eigenvalue weighted by molar-refractivity contribution is 0.269. The Hall–Kier alpha value is -0.0800. The fourth-order valence-electron chi connectivity index (χ4n) is 2.97. The molecule has 18 heavy (non-hydrogen) atoms. The summed E-state index contributed by atoms with van der Waals surface area (Å²) in [4.78, 5) is 2.70. The molecule has 0 aromatic heterocycles. The molecule has 1 saturated heterocycles. The van der Waals surface area contributed by atoms with Gasteiger partial charge in [0.15, 0.2) is 0 Å². The molecule has 0 bridgehead atoms. The number of hydrogen-bond acceptors (Lipinski definition) is 2. The third kappa shape index (κ3) is 6.75. The largest absolute Gasteiger partial charge is 0.314 e. The number of hydrogen-bond donors (Lipinski definition) is 1. The summed E-state index contributed by atoms with van der Waals surface area (Å²) in [6, 6.07) is 0.695. The fraction of sp³-hybridized carbons (Fsp3) is 1.00. The SMILES string of the molecule is CCCNC(C)CCCN1CCCC(CC)CC1. The van der Waals surface area contributed by atoms with Gasteiger partial charge >= 0.3 is 0 Å². The highest BCUT2D eigenvalue weighted by Crippen LogP contribution is 2.20. The first-order valence-corrected chi connectivity index (χ1v) is 8.22. The molecular formula is C16H34N2. The minimum Gasteiger partial charge on any atom is -0.314 e. The maximum atomic E-state index is 3.58. The third-order valence-corrected chi connectivity index (χ3v) is 4.37. The quantitative estimate of drug-likeness (QED) is 0.711. The molecule has 1 aliphatic heterocycles. The van der Waals surface area contributed by atoms with Crippen LogP contribution in [-0.4, -0.2) is 37.1 Å². The summed E-state index contributed by atoms with van der Waals surface area (Å²) >= 11 is 0. The van der Waals surface area contributed by atoms with Gasteiger partial charge in [0.2, 0.25) is 0 Å². The average molecular weight is 254 g/mol. The van der Waals surface area contributed by atoms with Crippen LogP contribution in [0.3, 0.4) is 0 Å². The molecule has 1 rings (SSSR count). The Balaban J connectivity index is 2.08. The van der Waals surface area contributed by atoms with Gasteiger partial charge in [-0.1, -0.05) is 20.3 Å².